The SMILES string of the molecule is CCCCc1ccc(C)c(C)c1Cc1cncn1Cc1ccc(C#N)cc1. The minimum Gasteiger partial charge on any atom is -0.330 e. The number of benzene rings is 2. The lowest BCUT2D eigenvalue weighted by molar-refractivity contribution is 0.745. The molecule has 3 nitrogen and oxygen atoms in total. The summed E-state index contributed by atoms with van der Waals surface area (Å²) in [6, 6.07) is 14.5. The van der Waals surface area contributed by atoms with E-state index in [0.29, 0.717) is 5.56 Å². The first-order valence-corrected chi connectivity index (χ1v) is 9.68. The lowest BCUT2D eigenvalue weighted by atomic mass is 9.91. The number of unbranched alkanes of at least 4 members (excludes halogenated alkanes) is 1. The van der Waals surface area contributed by atoms with Crippen LogP contribution in [0.25, 0.3) is 0 Å². The Balaban J connectivity index is 1.86. The Morgan fingerprint density at radius 2 is 1.85 bits per heavy atom. The topological polar surface area (TPSA) is 41.6 Å². The van der Waals surface area contributed by atoms with E-state index in [-0.39, 0.29) is 0 Å². The second kappa shape index (κ2) is 8.68. The molecule has 138 valence electrons. The van der Waals surface area contributed by atoms with E-state index >= 15 is 0 Å². The molecule has 3 heteroatoms. The van der Waals surface area contributed by atoms with Crippen LogP contribution in [-0.4, -0.2) is 9.55 Å². The Bertz CT molecular complexity index is 943. The molecule has 0 spiro atoms. The molecule has 0 saturated carbocycles. The van der Waals surface area contributed by atoms with Gasteiger partial charge in [-0.2, -0.15) is 5.26 Å². The molecule has 0 N–H and O–H groups in total. The molecule has 0 fully saturated rings. The maximum Gasteiger partial charge on any atom is 0.0991 e. The first-order chi connectivity index (χ1) is 13.1. The van der Waals surface area contributed by atoms with Gasteiger partial charge in [-0.25, -0.2) is 4.98 Å². The number of aryl methyl sites for hydroxylation is 2. The van der Waals surface area contributed by atoms with E-state index in [1.165, 1.54) is 46.4 Å². The van der Waals surface area contributed by atoms with E-state index in [0.717, 1.165) is 19.4 Å². The first-order valence-electron chi connectivity index (χ1n) is 9.68. The highest BCUT2D eigenvalue weighted by atomic mass is 15.0. The van der Waals surface area contributed by atoms with Crippen LogP contribution in [0.4, 0.5) is 0 Å². The third-order valence-corrected chi connectivity index (χ3v) is 5.36. The van der Waals surface area contributed by atoms with Crippen molar-refractivity contribution in [1.29, 1.82) is 5.26 Å². The maximum atomic E-state index is 8.96. The highest BCUT2D eigenvalue weighted by Gasteiger charge is 2.12. The maximum absolute atomic E-state index is 8.96. The molecule has 0 bridgehead atoms. The van der Waals surface area contributed by atoms with E-state index in [1.807, 2.05) is 36.8 Å². The Kier molecular flexibility index (Phi) is 6.08. The Hall–Kier alpha value is -2.86. The van der Waals surface area contributed by atoms with E-state index in [9.17, 15) is 0 Å². The lowest BCUT2D eigenvalue weighted by Gasteiger charge is -2.16. The predicted molar refractivity (Wildman–Crippen MR) is 110 cm³/mol. The quantitative estimate of drug-likeness (QED) is 0.572. The van der Waals surface area contributed by atoms with Crippen molar-refractivity contribution < 1.29 is 0 Å². The molecule has 0 aliphatic heterocycles. The summed E-state index contributed by atoms with van der Waals surface area (Å²) in [5.74, 6) is 0. The van der Waals surface area contributed by atoms with Crippen molar-refractivity contribution >= 4 is 0 Å². The molecule has 0 unspecified atom stereocenters. The molecule has 0 aliphatic rings. The van der Waals surface area contributed by atoms with Gasteiger partial charge in [-0.15, -0.1) is 0 Å². The fraction of sp³-hybridized carbons (Fsp3) is 0.333. The molecule has 1 aromatic heterocycles. The molecule has 2 aromatic carbocycles. The fourth-order valence-electron chi connectivity index (χ4n) is 3.48. The van der Waals surface area contributed by atoms with Gasteiger partial charge in [0.15, 0.2) is 0 Å². The third kappa shape index (κ3) is 4.46. The van der Waals surface area contributed by atoms with Crippen LogP contribution in [0.2, 0.25) is 0 Å². The largest absolute Gasteiger partial charge is 0.330 e. The smallest absolute Gasteiger partial charge is 0.0991 e. The minimum atomic E-state index is 0.695. The van der Waals surface area contributed by atoms with Crippen molar-refractivity contribution in [3.8, 4) is 6.07 Å². The zero-order chi connectivity index (χ0) is 19.2. The number of nitrogens with zero attached hydrogens (tertiary/aromatic N) is 3. The normalized spacial score (nSPS) is 10.7. The van der Waals surface area contributed by atoms with E-state index in [2.05, 4.69) is 48.5 Å². The van der Waals surface area contributed by atoms with Gasteiger partial charge >= 0.3 is 0 Å². The summed E-state index contributed by atoms with van der Waals surface area (Å²) in [6.45, 7) is 7.45. The molecule has 27 heavy (non-hydrogen) atoms. The Labute approximate surface area is 162 Å². The van der Waals surface area contributed by atoms with Gasteiger partial charge in [0.05, 0.1) is 18.0 Å². The average Bonchev–Trinajstić information content (AvgIpc) is 3.12. The number of imidazole rings is 1. The first kappa shape index (κ1) is 18.9. The highest BCUT2D eigenvalue weighted by Crippen LogP contribution is 2.23. The predicted octanol–water partition coefficient (Wildman–Crippen LogP) is 5.35. The number of hydrogen-bond donors (Lipinski definition) is 0. The molecule has 0 aliphatic carbocycles. The van der Waals surface area contributed by atoms with Crippen molar-refractivity contribution in [2.75, 3.05) is 0 Å². The Morgan fingerprint density at radius 3 is 2.56 bits per heavy atom. The van der Waals surface area contributed by atoms with E-state index in [4.69, 9.17) is 5.26 Å². The second-order valence-corrected chi connectivity index (χ2v) is 7.25. The molecular formula is C24H27N3. The van der Waals surface area contributed by atoms with Crippen LogP contribution < -0.4 is 0 Å². The van der Waals surface area contributed by atoms with Gasteiger partial charge in [-0.1, -0.05) is 37.6 Å². The zero-order valence-corrected chi connectivity index (χ0v) is 16.5. The molecule has 0 amide bonds. The zero-order valence-electron chi connectivity index (χ0n) is 16.5. The molecule has 0 atom stereocenters. The number of aromatic nitrogens is 2. The van der Waals surface area contributed by atoms with Gasteiger partial charge < -0.3 is 4.57 Å². The van der Waals surface area contributed by atoms with Gasteiger partial charge in [-0.3, -0.25) is 0 Å². The number of rotatable bonds is 7. The van der Waals surface area contributed by atoms with Gasteiger partial charge in [0.1, 0.15) is 0 Å². The van der Waals surface area contributed by atoms with Gasteiger partial charge in [0.25, 0.3) is 0 Å². The second-order valence-electron chi connectivity index (χ2n) is 7.25. The van der Waals surface area contributed by atoms with Crippen molar-refractivity contribution in [3.63, 3.8) is 0 Å². The standard InChI is InChI=1S/C24H27N3/c1-4-5-6-22-12-7-18(2)19(3)24(22)13-23-15-26-17-27(23)16-21-10-8-20(14-25)9-11-21/h7-12,15,17H,4-6,13,16H2,1-3H3. The third-order valence-electron chi connectivity index (χ3n) is 5.36. The van der Waals surface area contributed by atoms with E-state index in [1.54, 1.807) is 0 Å². The molecule has 0 radical (unpaired) electrons. The summed E-state index contributed by atoms with van der Waals surface area (Å²) in [5, 5.41) is 8.96. The van der Waals surface area contributed by atoms with Crippen LogP contribution in [0, 0.1) is 25.2 Å². The number of hydrogen-bond acceptors (Lipinski definition) is 2. The summed E-state index contributed by atoms with van der Waals surface area (Å²) in [5.41, 5.74) is 8.76. The number of nitriles is 1. The highest BCUT2D eigenvalue weighted by molar-refractivity contribution is 5.42. The van der Waals surface area contributed by atoms with Gasteiger partial charge in [0.2, 0.25) is 0 Å². The van der Waals surface area contributed by atoms with E-state index < -0.39 is 0 Å². The van der Waals surface area contributed by atoms with Crippen molar-refractivity contribution in [2.45, 2.75) is 53.0 Å². The molecule has 1 heterocycles. The molecular weight excluding hydrogens is 330 g/mol. The summed E-state index contributed by atoms with van der Waals surface area (Å²) >= 11 is 0. The molecule has 3 rings (SSSR count). The van der Waals surface area contributed by atoms with Crippen molar-refractivity contribution in [3.05, 3.63) is 88.0 Å². The molecule has 0 saturated heterocycles. The molecule has 3 aromatic rings. The summed E-state index contributed by atoms with van der Waals surface area (Å²) in [4.78, 5) is 4.40. The van der Waals surface area contributed by atoms with Crippen LogP contribution in [0.3, 0.4) is 0 Å². The monoisotopic (exact) mass is 357 g/mol. The van der Waals surface area contributed by atoms with Crippen LogP contribution in [0.5, 0.6) is 0 Å². The van der Waals surface area contributed by atoms with Crippen molar-refractivity contribution in [1.82, 2.24) is 9.55 Å². The summed E-state index contributed by atoms with van der Waals surface area (Å²) in [6.07, 6.45) is 8.36. The average molecular weight is 358 g/mol. The van der Waals surface area contributed by atoms with Crippen LogP contribution in [-0.2, 0) is 19.4 Å². The van der Waals surface area contributed by atoms with Gasteiger partial charge in [-0.05, 0) is 66.6 Å². The van der Waals surface area contributed by atoms with Crippen molar-refractivity contribution in [2.24, 2.45) is 0 Å². The summed E-state index contributed by atoms with van der Waals surface area (Å²) in [7, 11) is 0. The van der Waals surface area contributed by atoms with Crippen LogP contribution in [0.15, 0.2) is 48.9 Å². The van der Waals surface area contributed by atoms with Crippen LogP contribution in [0.1, 0.15) is 58.8 Å². The lowest BCUT2D eigenvalue weighted by Crippen LogP contribution is -2.07. The fourth-order valence-corrected chi connectivity index (χ4v) is 3.48. The Morgan fingerprint density at radius 1 is 1.07 bits per heavy atom. The van der Waals surface area contributed by atoms with Crippen LogP contribution >= 0.6 is 0 Å². The minimum absolute atomic E-state index is 0.695. The van der Waals surface area contributed by atoms with Gasteiger partial charge in [0, 0.05) is 24.9 Å². The summed E-state index contributed by atoms with van der Waals surface area (Å²) < 4.78 is 2.22.